The normalized spacial score (nSPS) is 10.9. The number of amides is 1. The van der Waals surface area contributed by atoms with Crippen LogP contribution in [0.5, 0.6) is 5.75 Å². The minimum absolute atomic E-state index is 0.0314. The van der Waals surface area contributed by atoms with Crippen LogP contribution in [0.3, 0.4) is 0 Å². The number of carbonyl (C=O) groups is 1. The molecule has 0 bridgehead atoms. The molecule has 0 aliphatic rings. The second-order valence-electron chi connectivity index (χ2n) is 6.14. The third-order valence-electron chi connectivity index (χ3n) is 4.25. The number of aromatic nitrogens is 2. The second kappa shape index (κ2) is 7.87. The molecule has 142 valence electrons. The van der Waals surface area contributed by atoms with E-state index in [0.717, 1.165) is 34.6 Å². The summed E-state index contributed by atoms with van der Waals surface area (Å²) in [5.41, 5.74) is 3.63. The van der Waals surface area contributed by atoms with Crippen LogP contribution in [0.25, 0.3) is 0 Å². The van der Waals surface area contributed by atoms with Crippen LogP contribution in [-0.2, 0) is 20.2 Å². The Hall–Kier alpha value is -2.74. The molecule has 2 aromatic heterocycles. The highest BCUT2D eigenvalue weighted by molar-refractivity contribution is 7.12. The van der Waals surface area contributed by atoms with Crippen LogP contribution in [0.2, 0.25) is 0 Å². The SMILES string of the molecule is Cc1nn(C)c(C)c1CNC(=O)c1cc(COc2ccc(F)cc2F)cs1. The molecular weight excluding hydrogens is 372 g/mol. The van der Waals surface area contributed by atoms with E-state index in [1.54, 1.807) is 16.1 Å². The maximum atomic E-state index is 13.6. The topological polar surface area (TPSA) is 56.2 Å². The van der Waals surface area contributed by atoms with Crippen LogP contribution in [-0.4, -0.2) is 15.7 Å². The number of hydrogen-bond donors (Lipinski definition) is 1. The molecule has 0 aliphatic carbocycles. The summed E-state index contributed by atoms with van der Waals surface area (Å²) >= 11 is 1.28. The van der Waals surface area contributed by atoms with Crippen molar-refractivity contribution in [3.63, 3.8) is 0 Å². The van der Waals surface area contributed by atoms with E-state index in [2.05, 4.69) is 10.4 Å². The predicted molar refractivity (Wildman–Crippen MR) is 98.9 cm³/mol. The molecule has 0 atom stereocenters. The van der Waals surface area contributed by atoms with Gasteiger partial charge in [-0.25, -0.2) is 8.78 Å². The lowest BCUT2D eigenvalue weighted by molar-refractivity contribution is 0.0955. The van der Waals surface area contributed by atoms with Crippen LogP contribution in [0.1, 0.15) is 32.2 Å². The Morgan fingerprint density at radius 2 is 2.07 bits per heavy atom. The lowest BCUT2D eigenvalue weighted by Gasteiger charge is -2.06. The molecule has 0 spiro atoms. The van der Waals surface area contributed by atoms with E-state index in [1.807, 2.05) is 20.9 Å². The quantitative estimate of drug-likeness (QED) is 0.694. The maximum Gasteiger partial charge on any atom is 0.261 e. The molecule has 1 amide bonds. The third kappa shape index (κ3) is 4.33. The number of carbonyl (C=O) groups excluding carboxylic acids is 1. The molecule has 8 heteroatoms. The first-order valence-electron chi connectivity index (χ1n) is 8.27. The van der Waals surface area contributed by atoms with Crippen molar-refractivity contribution in [2.45, 2.75) is 27.0 Å². The van der Waals surface area contributed by atoms with Gasteiger partial charge < -0.3 is 10.1 Å². The monoisotopic (exact) mass is 391 g/mol. The highest BCUT2D eigenvalue weighted by Crippen LogP contribution is 2.21. The summed E-state index contributed by atoms with van der Waals surface area (Å²) in [6, 6.07) is 4.84. The van der Waals surface area contributed by atoms with Gasteiger partial charge in [-0.05, 0) is 37.4 Å². The van der Waals surface area contributed by atoms with Crippen molar-refractivity contribution in [2.75, 3.05) is 0 Å². The van der Waals surface area contributed by atoms with Crippen LogP contribution in [0.4, 0.5) is 8.78 Å². The van der Waals surface area contributed by atoms with Crippen molar-refractivity contribution in [2.24, 2.45) is 7.05 Å². The number of nitrogens with zero attached hydrogens (tertiary/aromatic N) is 2. The zero-order valence-corrected chi connectivity index (χ0v) is 16.0. The second-order valence-corrected chi connectivity index (χ2v) is 7.05. The summed E-state index contributed by atoms with van der Waals surface area (Å²) in [6.45, 7) is 4.35. The van der Waals surface area contributed by atoms with Gasteiger partial charge >= 0.3 is 0 Å². The first-order valence-corrected chi connectivity index (χ1v) is 9.15. The smallest absolute Gasteiger partial charge is 0.261 e. The molecule has 3 rings (SSSR count). The van der Waals surface area contributed by atoms with E-state index in [0.29, 0.717) is 11.4 Å². The van der Waals surface area contributed by atoms with Crippen LogP contribution in [0.15, 0.2) is 29.6 Å². The number of aryl methyl sites for hydroxylation is 2. The third-order valence-corrected chi connectivity index (χ3v) is 5.23. The fourth-order valence-corrected chi connectivity index (χ4v) is 3.47. The lowest BCUT2D eigenvalue weighted by atomic mass is 10.2. The lowest BCUT2D eigenvalue weighted by Crippen LogP contribution is -2.22. The minimum atomic E-state index is -0.759. The van der Waals surface area contributed by atoms with Crippen molar-refractivity contribution in [3.05, 3.63) is 68.7 Å². The Morgan fingerprint density at radius 1 is 1.30 bits per heavy atom. The van der Waals surface area contributed by atoms with Gasteiger partial charge in [-0.3, -0.25) is 9.48 Å². The number of hydrogen-bond acceptors (Lipinski definition) is 4. The molecule has 0 radical (unpaired) electrons. The van der Waals surface area contributed by atoms with Crippen molar-refractivity contribution < 1.29 is 18.3 Å². The summed E-state index contributed by atoms with van der Waals surface area (Å²) in [5.74, 6) is -1.64. The summed E-state index contributed by atoms with van der Waals surface area (Å²) in [7, 11) is 1.86. The van der Waals surface area contributed by atoms with Gasteiger partial charge in [0.25, 0.3) is 5.91 Å². The number of ether oxygens (including phenoxy) is 1. The first kappa shape index (κ1) is 19.0. The zero-order chi connectivity index (χ0) is 19.6. The van der Waals surface area contributed by atoms with E-state index >= 15 is 0 Å². The highest BCUT2D eigenvalue weighted by atomic mass is 32.1. The molecule has 0 saturated heterocycles. The van der Waals surface area contributed by atoms with Gasteiger partial charge in [-0.15, -0.1) is 11.3 Å². The largest absolute Gasteiger partial charge is 0.486 e. The van der Waals surface area contributed by atoms with Crippen molar-refractivity contribution >= 4 is 17.2 Å². The summed E-state index contributed by atoms with van der Waals surface area (Å²) < 4.78 is 33.6. The number of rotatable bonds is 6. The van der Waals surface area contributed by atoms with Crippen molar-refractivity contribution in [1.82, 2.24) is 15.1 Å². The van der Waals surface area contributed by atoms with E-state index in [4.69, 9.17) is 4.74 Å². The summed E-state index contributed by atoms with van der Waals surface area (Å²) in [5, 5.41) is 8.99. The van der Waals surface area contributed by atoms with Gasteiger partial charge in [0.1, 0.15) is 12.4 Å². The van der Waals surface area contributed by atoms with Gasteiger partial charge in [-0.2, -0.15) is 5.10 Å². The van der Waals surface area contributed by atoms with Gasteiger partial charge in [-0.1, -0.05) is 0 Å². The first-order chi connectivity index (χ1) is 12.8. The fraction of sp³-hybridized carbons (Fsp3) is 0.263. The molecule has 0 unspecified atom stereocenters. The van der Waals surface area contributed by atoms with Crippen molar-refractivity contribution in [1.29, 1.82) is 0 Å². The van der Waals surface area contributed by atoms with Gasteiger partial charge in [0.2, 0.25) is 0 Å². The van der Waals surface area contributed by atoms with Crippen LogP contribution in [0, 0.1) is 25.5 Å². The molecule has 2 heterocycles. The Labute approximate surface area is 159 Å². The summed E-state index contributed by atoms with van der Waals surface area (Å²) in [6.07, 6.45) is 0. The zero-order valence-electron chi connectivity index (χ0n) is 15.2. The molecule has 5 nitrogen and oxygen atoms in total. The van der Waals surface area contributed by atoms with Crippen LogP contribution < -0.4 is 10.1 Å². The number of halogens is 2. The van der Waals surface area contributed by atoms with E-state index in [9.17, 15) is 13.6 Å². The molecule has 1 aromatic carbocycles. The molecular formula is C19H19F2N3O2S. The fourth-order valence-electron chi connectivity index (χ4n) is 2.65. The number of nitrogens with one attached hydrogen (secondary N) is 1. The Balaban J connectivity index is 1.58. The van der Waals surface area contributed by atoms with Gasteiger partial charge in [0.15, 0.2) is 11.6 Å². The standard InChI is InChI=1S/C19H19F2N3O2S/c1-11-15(12(2)24(3)23-11)8-22-19(25)18-6-13(10-27-18)9-26-17-5-4-14(20)7-16(17)21/h4-7,10H,8-9H2,1-3H3,(H,22,25). The van der Waals surface area contributed by atoms with E-state index in [-0.39, 0.29) is 18.3 Å². The Morgan fingerprint density at radius 3 is 2.74 bits per heavy atom. The molecule has 0 fully saturated rings. The molecule has 0 saturated carbocycles. The van der Waals surface area contributed by atoms with Crippen LogP contribution >= 0.6 is 11.3 Å². The molecule has 27 heavy (non-hydrogen) atoms. The Kier molecular flexibility index (Phi) is 5.55. The maximum absolute atomic E-state index is 13.6. The average Bonchev–Trinajstić information content (AvgIpc) is 3.18. The number of benzene rings is 1. The van der Waals surface area contributed by atoms with E-state index in [1.165, 1.54) is 17.4 Å². The molecule has 1 N–H and O–H groups in total. The highest BCUT2D eigenvalue weighted by Gasteiger charge is 2.14. The predicted octanol–water partition coefficient (Wildman–Crippen LogP) is 3.89. The molecule has 3 aromatic rings. The van der Waals surface area contributed by atoms with Crippen molar-refractivity contribution in [3.8, 4) is 5.75 Å². The minimum Gasteiger partial charge on any atom is -0.486 e. The van der Waals surface area contributed by atoms with Gasteiger partial charge in [0, 0.05) is 36.5 Å². The molecule has 0 aliphatic heterocycles. The number of thiophene rings is 1. The Bertz CT molecular complexity index is 981. The van der Waals surface area contributed by atoms with E-state index < -0.39 is 11.6 Å². The van der Waals surface area contributed by atoms with Gasteiger partial charge in [0.05, 0.1) is 10.6 Å². The average molecular weight is 391 g/mol. The summed E-state index contributed by atoms with van der Waals surface area (Å²) in [4.78, 5) is 12.9.